The van der Waals surface area contributed by atoms with Gasteiger partial charge < -0.3 is 0 Å². The van der Waals surface area contributed by atoms with Crippen LogP contribution in [0.2, 0.25) is 0 Å². The first-order valence-corrected chi connectivity index (χ1v) is 32.2. The molecule has 0 saturated heterocycles. The molecule has 0 atom stereocenters. The number of fused-ring (bicyclic) bond motifs is 10. The molecule has 432 valence electrons. The van der Waals surface area contributed by atoms with Crippen LogP contribution in [0.1, 0.15) is 25.5 Å². The Kier molecular flexibility index (Phi) is 12.5. The zero-order valence-electron chi connectivity index (χ0n) is 51.1. The van der Waals surface area contributed by atoms with Crippen molar-refractivity contribution >= 4 is 97.5 Å². The molecule has 0 fully saturated rings. The van der Waals surface area contributed by atoms with Crippen molar-refractivity contribution in [2.45, 2.75) is 26.7 Å². The van der Waals surface area contributed by atoms with Gasteiger partial charge in [-0.3, -0.25) is 9.13 Å². The average Bonchev–Trinajstić information content (AvgIpc) is 0.902. The average molecular weight is 1170 g/mol. The second-order valence-electron chi connectivity index (χ2n) is 24.4. The van der Waals surface area contributed by atoms with Gasteiger partial charge >= 0.3 is 0 Å². The molecule has 16 aromatic carbocycles. The van der Waals surface area contributed by atoms with E-state index in [1.54, 1.807) is 0 Å². The molecule has 2 aromatic heterocycles. The number of rotatable bonds is 10. The van der Waals surface area contributed by atoms with Gasteiger partial charge in [0.25, 0.3) is 0 Å². The number of aromatic nitrogens is 4. The number of aryl methyl sites for hydroxylation is 2. The summed E-state index contributed by atoms with van der Waals surface area (Å²) >= 11 is 0. The molecule has 0 unspecified atom stereocenters. The highest BCUT2D eigenvalue weighted by Crippen LogP contribution is 2.49. The van der Waals surface area contributed by atoms with Crippen LogP contribution < -0.4 is 0 Å². The van der Waals surface area contributed by atoms with E-state index in [0.29, 0.717) is 0 Å². The van der Waals surface area contributed by atoms with Crippen LogP contribution >= 0.6 is 0 Å². The normalized spacial score (nSPS) is 11.9. The molecule has 2 heterocycles. The minimum Gasteiger partial charge on any atom is -0.296 e. The molecule has 0 amide bonds. The molecule has 0 saturated carbocycles. The molecule has 18 aromatic rings. The molecule has 18 rings (SSSR count). The highest BCUT2D eigenvalue weighted by molar-refractivity contribution is 6.26. The molecular weight excluding hydrogens is 1110 g/mol. The van der Waals surface area contributed by atoms with E-state index in [4.69, 9.17) is 9.97 Å². The van der Waals surface area contributed by atoms with Crippen LogP contribution in [0, 0.1) is 0 Å². The Morgan fingerprint density at radius 1 is 0.250 bits per heavy atom. The molecule has 0 N–H and O–H groups in total. The summed E-state index contributed by atoms with van der Waals surface area (Å²) in [5.74, 6) is 2.09. The lowest BCUT2D eigenvalue weighted by Crippen LogP contribution is -2.00. The minimum absolute atomic E-state index is 0.779. The monoisotopic (exact) mass is 1170 g/mol. The van der Waals surface area contributed by atoms with Gasteiger partial charge in [-0.1, -0.05) is 257 Å². The number of hydrogen-bond acceptors (Lipinski definition) is 2. The van der Waals surface area contributed by atoms with Crippen molar-refractivity contribution < 1.29 is 0 Å². The van der Waals surface area contributed by atoms with Crippen LogP contribution in [0.5, 0.6) is 0 Å². The zero-order chi connectivity index (χ0) is 61.0. The van der Waals surface area contributed by atoms with Crippen LogP contribution in [-0.4, -0.2) is 19.1 Å². The molecular formula is C88H60N4. The van der Waals surface area contributed by atoms with Crippen LogP contribution in [0.3, 0.4) is 0 Å². The molecule has 4 nitrogen and oxygen atoms in total. The fraction of sp³-hybridized carbons (Fsp3) is 0.0455. The van der Waals surface area contributed by atoms with Crippen LogP contribution in [0.25, 0.3) is 176 Å². The van der Waals surface area contributed by atoms with E-state index in [1.807, 2.05) is 0 Å². The number of nitrogens with zero attached hydrogens (tertiary/aromatic N) is 4. The number of para-hydroxylation sites is 3. The SMILES string of the molecule is CCc1nc2ccccc2n1-c1ccc(-c2c3ccccc3c(-c3cc4ccc(-c5cccc6c5nc(CC)n6-c5ccc(-c6c7ccccc7c(-c7ccc(-c8ccc9ccccc9c8)cc7)c7ccccc67)cc5)cc4c4ccccc34)c3ccccc23)cc1. The standard InChI is InChI=1S/C88H60N4/c1-3-82-89-79-33-17-18-34-80(79)91(82)64-48-44-59(45-49-64)86-73-28-13-15-30-75(73)87(76-31-16-14-29-74(76)86)78-54-63-43-42-62(53-77(63)67-22-7-8-23-68(67)78)66-32-19-35-81-88(66)90-83(4-2)92(81)65-50-46-58(47-51-65)85-71-26-11-9-24-69(71)84(70-25-10-12-27-72(70)85)57-39-36-56(37-40-57)61-41-38-55-20-5-6-21-60(55)52-61/h5-54H,3-4H2,1-2H3. The van der Waals surface area contributed by atoms with Gasteiger partial charge in [-0.2, -0.15) is 0 Å². The second kappa shape index (κ2) is 21.5. The van der Waals surface area contributed by atoms with Crippen molar-refractivity contribution in [3.05, 3.63) is 315 Å². The van der Waals surface area contributed by atoms with E-state index in [2.05, 4.69) is 326 Å². The summed E-state index contributed by atoms with van der Waals surface area (Å²) in [6, 6.07) is 112. The van der Waals surface area contributed by atoms with Crippen molar-refractivity contribution in [3.8, 4) is 78.1 Å². The van der Waals surface area contributed by atoms with E-state index >= 15 is 0 Å². The molecule has 4 heteroatoms. The highest BCUT2D eigenvalue weighted by Gasteiger charge is 2.23. The first-order valence-electron chi connectivity index (χ1n) is 32.2. The Bertz CT molecular complexity index is 5890. The summed E-state index contributed by atoms with van der Waals surface area (Å²) in [5, 5.41) is 17.2. The number of benzene rings is 16. The molecule has 92 heavy (non-hydrogen) atoms. The number of imidazole rings is 2. The van der Waals surface area contributed by atoms with Crippen molar-refractivity contribution in [2.24, 2.45) is 0 Å². The van der Waals surface area contributed by atoms with E-state index in [0.717, 1.165) is 69.1 Å². The van der Waals surface area contributed by atoms with Crippen molar-refractivity contribution in [1.82, 2.24) is 19.1 Å². The summed E-state index contributed by atoms with van der Waals surface area (Å²) in [7, 11) is 0. The van der Waals surface area contributed by atoms with Crippen molar-refractivity contribution in [3.63, 3.8) is 0 Å². The van der Waals surface area contributed by atoms with Crippen LogP contribution in [0.4, 0.5) is 0 Å². The van der Waals surface area contributed by atoms with Gasteiger partial charge in [-0.05, 0) is 197 Å². The summed E-state index contributed by atoms with van der Waals surface area (Å²) in [5.41, 5.74) is 20.9. The quantitative estimate of drug-likeness (QED) is 0.101. The molecule has 0 aliphatic heterocycles. The Morgan fingerprint density at radius 2 is 0.663 bits per heavy atom. The van der Waals surface area contributed by atoms with Gasteiger partial charge in [0.2, 0.25) is 0 Å². The van der Waals surface area contributed by atoms with E-state index in [1.165, 1.54) is 131 Å². The summed E-state index contributed by atoms with van der Waals surface area (Å²) < 4.78 is 4.67. The van der Waals surface area contributed by atoms with Gasteiger partial charge in [-0.25, -0.2) is 9.97 Å². The highest BCUT2D eigenvalue weighted by atomic mass is 15.1. The smallest absolute Gasteiger partial charge is 0.114 e. The summed E-state index contributed by atoms with van der Waals surface area (Å²) in [6.07, 6.45) is 1.62. The lowest BCUT2D eigenvalue weighted by molar-refractivity contribution is 0.908. The molecule has 0 radical (unpaired) electrons. The first kappa shape index (κ1) is 53.3. The van der Waals surface area contributed by atoms with Gasteiger partial charge in [0, 0.05) is 29.8 Å². The largest absolute Gasteiger partial charge is 0.296 e. The van der Waals surface area contributed by atoms with Gasteiger partial charge in [-0.15, -0.1) is 0 Å². The Balaban J connectivity index is 0.708. The third-order valence-electron chi connectivity index (χ3n) is 19.4. The third kappa shape index (κ3) is 8.45. The maximum absolute atomic E-state index is 5.50. The van der Waals surface area contributed by atoms with E-state index < -0.39 is 0 Å². The van der Waals surface area contributed by atoms with Crippen molar-refractivity contribution in [2.75, 3.05) is 0 Å². The summed E-state index contributed by atoms with van der Waals surface area (Å²) in [6.45, 7) is 4.39. The third-order valence-corrected chi connectivity index (χ3v) is 19.4. The lowest BCUT2D eigenvalue weighted by atomic mass is 9.83. The minimum atomic E-state index is 0.779. The molecule has 0 bridgehead atoms. The van der Waals surface area contributed by atoms with Gasteiger partial charge in [0.15, 0.2) is 0 Å². The molecule has 0 spiro atoms. The topological polar surface area (TPSA) is 35.6 Å². The fourth-order valence-electron chi connectivity index (χ4n) is 15.2. The maximum Gasteiger partial charge on any atom is 0.114 e. The predicted molar refractivity (Wildman–Crippen MR) is 390 cm³/mol. The number of hydrogen-bond donors (Lipinski definition) is 0. The maximum atomic E-state index is 5.50. The van der Waals surface area contributed by atoms with Crippen LogP contribution in [0.15, 0.2) is 303 Å². The first-order chi connectivity index (χ1) is 45.5. The van der Waals surface area contributed by atoms with Crippen LogP contribution in [-0.2, 0) is 12.8 Å². The van der Waals surface area contributed by atoms with Gasteiger partial charge in [0.05, 0.1) is 22.1 Å². The van der Waals surface area contributed by atoms with Crippen molar-refractivity contribution in [1.29, 1.82) is 0 Å². The zero-order valence-corrected chi connectivity index (χ0v) is 51.1. The Labute approximate surface area is 533 Å². The molecule has 0 aliphatic carbocycles. The van der Waals surface area contributed by atoms with E-state index in [-0.39, 0.29) is 0 Å². The Morgan fingerprint density at radius 3 is 1.23 bits per heavy atom. The second-order valence-corrected chi connectivity index (χ2v) is 24.4. The molecule has 0 aliphatic rings. The van der Waals surface area contributed by atoms with E-state index in [9.17, 15) is 0 Å². The lowest BCUT2D eigenvalue weighted by Gasteiger charge is -2.20. The predicted octanol–water partition coefficient (Wildman–Crippen LogP) is 23.6. The summed E-state index contributed by atoms with van der Waals surface area (Å²) in [4.78, 5) is 10.5. The Hall–Kier alpha value is -11.7. The van der Waals surface area contributed by atoms with Gasteiger partial charge in [0.1, 0.15) is 11.6 Å². The fourth-order valence-corrected chi connectivity index (χ4v) is 15.2.